The summed E-state index contributed by atoms with van der Waals surface area (Å²) in [6, 6.07) is 0. The number of phosphoric ester groups is 1. The van der Waals surface area contributed by atoms with Crippen molar-refractivity contribution < 1.29 is 47.3 Å². The second-order valence-corrected chi connectivity index (χ2v) is 11.6. The van der Waals surface area contributed by atoms with Gasteiger partial charge in [-0.25, -0.2) is 4.57 Å². The van der Waals surface area contributed by atoms with Crippen molar-refractivity contribution in [1.82, 2.24) is 0 Å². The Bertz CT molecular complexity index is 568. The molecule has 39 heavy (non-hydrogen) atoms. The van der Waals surface area contributed by atoms with Gasteiger partial charge in [0.15, 0.2) is 0 Å². The number of rotatable bonds is 30. The van der Waals surface area contributed by atoms with Gasteiger partial charge >= 0.3 is 7.82 Å². The van der Waals surface area contributed by atoms with Crippen LogP contribution in [0.15, 0.2) is 0 Å². The molecule has 0 aromatic heterocycles. The van der Waals surface area contributed by atoms with E-state index in [0.29, 0.717) is 39.6 Å². The molecule has 0 bridgehead atoms. The monoisotopic (exact) mass is 586 g/mol. The molecule has 2 N–H and O–H groups in total. The highest BCUT2D eigenvalue weighted by Crippen LogP contribution is 2.44. The van der Waals surface area contributed by atoms with Crippen molar-refractivity contribution in [2.45, 2.75) is 123 Å². The van der Waals surface area contributed by atoms with Crippen molar-refractivity contribution >= 4 is 7.82 Å². The molecule has 11 heteroatoms. The second-order valence-electron chi connectivity index (χ2n) is 10.2. The third-order valence-corrected chi connectivity index (χ3v) is 7.01. The van der Waals surface area contributed by atoms with Gasteiger partial charge in [-0.3, -0.25) is 9.05 Å². The summed E-state index contributed by atoms with van der Waals surface area (Å²) in [6.45, 7) is 12.4. The first kappa shape index (κ1) is 38.9. The quantitative estimate of drug-likeness (QED) is 0.0804. The number of aliphatic hydroxyl groups is 1. The fourth-order valence-electron chi connectivity index (χ4n) is 3.64. The van der Waals surface area contributed by atoms with Crippen LogP contribution in [0.5, 0.6) is 0 Å². The Morgan fingerprint density at radius 3 is 1.59 bits per heavy atom. The molecular formula is C28H59O10P. The van der Waals surface area contributed by atoms with Gasteiger partial charge in [0.25, 0.3) is 0 Å². The van der Waals surface area contributed by atoms with Gasteiger partial charge < -0.3 is 33.7 Å². The summed E-state index contributed by atoms with van der Waals surface area (Å²) in [5, 5.41) is 8.65. The molecule has 0 spiro atoms. The maximum atomic E-state index is 12.2. The predicted octanol–water partition coefficient (Wildman–Crippen LogP) is 5.67. The van der Waals surface area contributed by atoms with Crippen LogP contribution in [0, 0.1) is 0 Å². The summed E-state index contributed by atoms with van der Waals surface area (Å²) in [7, 11) is -4.11. The molecule has 0 saturated carbocycles. The van der Waals surface area contributed by atoms with Crippen LogP contribution in [0.2, 0.25) is 0 Å². The van der Waals surface area contributed by atoms with Gasteiger partial charge in [0.2, 0.25) is 0 Å². The smallest absolute Gasteiger partial charge is 0.394 e. The summed E-state index contributed by atoms with van der Waals surface area (Å²) in [5.74, 6) is 0. The number of hydrogen-bond donors (Lipinski definition) is 2. The summed E-state index contributed by atoms with van der Waals surface area (Å²) in [5.41, 5.74) is 0. The topological polar surface area (TPSA) is 122 Å². The summed E-state index contributed by atoms with van der Waals surface area (Å²) in [4.78, 5) is 9.97. The first-order valence-corrected chi connectivity index (χ1v) is 16.5. The minimum absolute atomic E-state index is 0.00701. The SMILES string of the molecule is CCCCCCCCCCCCOP(=O)(O)OC(C)COC(C)COC(C)COC(C)COCCOCCO. The lowest BCUT2D eigenvalue weighted by Gasteiger charge is -2.22. The first-order chi connectivity index (χ1) is 18.7. The maximum Gasteiger partial charge on any atom is 0.472 e. The van der Waals surface area contributed by atoms with Crippen molar-refractivity contribution in [3.8, 4) is 0 Å². The lowest BCUT2D eigenvalue weighted by Crippen LogP contribution is -2.28. The Morgan fingerprint density at radius 1 is 0.590 bits per heavy atom. The van der Waals surface area contributed by atoms with Crippen LogP contribution in [0.4, 0.5) is 0 Å². The van der Waals surface area contributed by atoms with Crippen molar-refractivity contribution in [2.24, 2.45) is 0 Å². The zero-order valence-electron chi connectivity index (χ0n) is 25.4. The molecule has 0 rings (SSSR count). The lowest BCUT2D eigenvalue weighted by atomic mass is 10.1. The molecular weight excluding hydrogens is 527 g/mol. The molecule has 0 radical (unpaired) electrons. The van der Waals surface area contributed by atoms with Crippen LogP contribution in [0.3, 0.4) is 0 Å². The molecule has 236 valence electrons. The average Bonchev–Trinajstić information content (AvgIpc) is 2.89. The highest BCUT2D eigenvalue weighted by Gasteiger charge is 2.24. The number of unbranched alkanes of at least 4 members (excludes halogenated alkanes) is 9. The molecule has 0 aromatic rings. The summed E-state index contributed by atoms with van der Waals surface area (Å²) < 4.78 is 50.3. The number of aliphatic hydroxyl groups excluding tert-OH is 1. The molecule has 5 unspecified atom stereocenters. The van der Waals surface area contributed by atoms with Crippen LogP contribution in [0.25, 0.3) is 0 Å². The van der Waals surface area contributed by atoms with E-state index in [2.05, 4.69) is 6.92 Å². The highest BCUT2D eigenvalue weighted by molar-refractivity contribution is 7.47. The Labute approximate surface area is 238 Å². The maximum absolute atomic E-state index is 12.2. The lowest BCUT2D eigenvalue weighted by molar-refractivity contribution is -0.0883. The van der Waals surface area contributed by atoms with Crippen LogP contribution >= 0.6 is 7.82 Å². The fraction of sp³-hybridized carbons (Fsp3) is 1.00. The predicted molar refractivity (Wildman–Crippen MR) is 153 cm³/mol. The highest BCUT2D eigenvalue weighted by atomic mass is 31.2. The Morgan fingerprint density at radius 2 is 1.05 bits per heavy atom. The molecule has 0 aliphatic carbocycles. The Balaban J connectivity index is 3.77. The zero-order valence-corrected chi connectivity index (χ0v) is 26.2. The van der Waals surface area contributed by atoms with Crippen LogP contribution < -0.4 is 0 Å². The van der Waals surface area contributed by atoms with Crippen LogP contribution in [0.1, 0.15) is 98.8 Å². The largest absolute Gasteiger partial charge is 0.472 e. The Hall–Kier alpha value is -0.130. The van der Waals surface area contributed by atoms with Gasteiger partial charge in [0.1, 0.15) is 0 Å². The molecule has 5 atom stereocenters. The molecule has 0 aliphatic rings. The third-order valence-electron chi connectivity index (χ3n) is 5.87. The van der Waals surface area contributed by atoms with E-state index in [1.807, 2.05) is 20.8 Å². The molecule has 0 aliphatic heterocycles. The zero-order chi connectivity index (χ0) is 29.2. The molecule has 0 aromatic carbocycles. The van der Waals surface area contributed by atoms with E-state index in [9.17, 15) is 9.46 Å². The van der Waals surface area contributed by atoms with Gasteiger partial charge in [0, 0.05) is 0 Å². The average molecular weight is 587 g/mol. The minimum Gasteiger partial charge on any atom is -0.394 e. The molecule has 0 amide bonds. The third kappa shape index (κ3) is 27.8. The van der Waals surface area contributed by atoms with E-state index in [0.717, 1.165) is 19.3 Å². The standard InChI is InChI=1S/C28H59O10P/c1-6-7-8-9-10-11-12-13-14-15-17-37-39(30,31)38-28(5)24-36-27(4)23-35-26(3)22-34-25(2)21-33-20-19-32-18-16-29/h25-29H,6-24H2,1-5H3,(H,30,31). The van der Waals surface area contributed by atoms with E-state index < -0.39 is 13.9 Å². The van der Waals surface area contributed by atoms with Crippen molar-refractivity contribution in [2.75, 3.05) is 59.5 Å². The Kier molecular flexibility index (Phi) is 26.7. The number of phosphoric acid groups is 1. The van der Waals surface area contributed by atoms with Gasteiger partial charge in [-0.2, -0.15) is 0 Å². The minimum atomic E-state index is -4.11. The van der Waals surface area contributed by atoms with Gasteiger partial charge in [-0.1, -0.05) is 64.7 Å². The summed E-state index contributed by atoms with van der Waals surface area (Å²) >= 11 is 0. The summed E-state index contributed by atoms with van der Waals surface area (Å²) in [6.07, 6.45) is 10.9. The number of ether oxygens (including phenoxy) is 5. The van der Waals surface area contributed by atoms with E-state index in [4.69, 9.17) is 37.8 Å². The van der Waals surface area contributed by atoms with Gasteiger partial charge in [-0.15, -0.1) is 0 Å². The van der Waals surface area contributed by atoms with Crippen molar-refractivity contribution in [1.29, 1.82) is 0 Å². The van der Waals surface area contributed by atoms with Gasteiger partial charge in [0.05, 0.1) is 83.9 Å². The van der Waals surface area contributed by atoms with Crippen LogP contribution in [-0.4, -0.2) is 93.9 Å². The van der Waals surface area contributed by atoms with E-state index >= 15 is 0 Å². The number of hydrogen-bond acceptors (Lipinski definition) is 9. The first-order valence-electron chi connectivity index (χ1n) is 15.0. The van der Waals surface area contributed by atoms with E-state index in [-0.39, 0.29) is 38.1 Å². The van der Waals surface area contributed by atoms with Crippen molar-refractivity contribution in [3.63, 3.8) is 0 Å². The molecule has 0 fully saturated rings. The molecule has 0 saturated heterocycles. The van der Waals surface area contributed by atoms with Crippen molar-refractivity contribution in [3.05, 3.63) is 0 Å². The molecule has 10 nitrogen and oxygen atoms in total. The van der Waals surface area contributed by atoms with Gasteiger partial charge in [-0.05, 0) is 34.1 Å². The molecule has 0 heterocycles. The van der Waals surface area contributed by atoms with E-state index in [1.54, 1.807) is 6.92 Å². The second kappa shape index (κ2) is 26.7. The van der Waals surface area contributed by atoms with E-state index in [1.165, 1.54) is 44.9 Å². The normalized spacial score (nSPS) is 16.6. The van der Waals surface area contributed by atoms with Crippen LogP contribution in [-0.2, 0) is 37.3 Å². The fourth-order valence-corrected chi connectivity index (χ4v) is 4.57.